The fourth-order valence-corrected chi connectivity index (χ4v) is 13.9. The van der Waals surface area contributed by atoms with Gasteiger partial charge in [0.2, 0.25) is 12.6 Å². The molecule has 6 heterocycles. The highest BCUT2D eigenvalue weighted by Gasteiger charge is 2.52. The molecule has 0 aromatic heterocycles. The van der Waals surface area contributed by atoms with E-state index in [-0.39, 0.29) is 138 Å². The van der Waals surface area contributed by atoms with Gasteiger partial charge in [-0.15, -0.1) is 0 Å². The van der Waals surface area contributed by atoms with E-state index in [4.69, 9.17) is 67.5 Å². The van der Waals surface area contributed by atoms with E-state index in [0.717, 1.165) is 9.80 Å². The lowest BCUT2D eigenvalue weighted by Crippen LogP contribution is -2.61. The highest BCUT2D eigenvalue weighted by molar-refractivity contribution is 6.09. The zero-order chi connectivity index (χ0) is 83.8. The normalized spacial score (nSPS) is 23.9. The van der Waals surface area contributed by atoms with Gasteiger partial charge in [0.15, 0.2) is 47.7 Å². The zero-order valence-corrected chi connectivity index (χ0v) is 63.2. The number of anilines is 2. The van der Waals surface area contributed by atoms with E-state index in [2.05, 4.69) is 15.5 Å². The molecule has 14 N–H and O–H groups in total. The molecular formula is C78H85N7O32. The number of aliphatic hydroxyl groups is 8. The van der Waals surface area contributed by atoms with Gasteiger partial charge in [-0.1, -0.05) is 36.4 Å². The molecule has 3 unspecified atom stereocenters. The van der Waals surface area contributed by atoms with Crippen LogP contribution in [0.1, 0.15) is 82.9 Å². The van der Waals surface area contributed by atoms with Crippen molar-refractivity contribution in [2.24, 2.45) is 5.90 Å². The molecule has 0 spiro atoms. The summed E-state index contributed by atoms with van der Waals surface area (Å²) in [4.78, 5) is 120. The highest BCUT2D eigenvalue weighted by Crippen LogP contribution is 2.47. The lowest BCUT2D eigenvalue weighted by molar-refractivity contribution is -0.271. The molecule has 0 aliphatic carbocycles. The molecule has 14 atom stereocenters. The molecule has 6 aromatic rings. The highest BCUT2D eigenvalue weighted by atomic mass is 16.7. The Morgan fingerprint density at radius 3 is 1.24 bits per heavy atom. The maximum Gasteiger partial charge on any atom is 0.416 e. The summed E-state index contributed by atoms with van der Waals surface area (Å²) in [6.07, 6.45) is -23.3. The van der Waals surface area contributed by atoms with Gasteiger partial charge in [0, 0.05) is 51.2 Å². The van der Waals surface area contributed by atoms with Gasteiger partial charge in [0.1, 0.15) is 72.8 Å². The number of carbonyl (C=O) groups is 8. The first-order valence-electron chi connectivity index (χ1n) is 36.4. The standard InChI is InChI=1S/C78H85N7O32/c1-104-23-19-80-67(92)47-25-37(7-17-53(47)114-75-63(90)59(86)61(88)65(116-75)73(98)99)35-111-77(102)84-49-31-57(55(107-4)29-45(49)69(94)82-33-41(27-51(82)71(84)96)39-9-13-43(105-2)14-10-39)109-21-6-22-110-58-32-50-46(30-56(58)108-5)70(95)83-34-42(40-11-15-44(106-3)16-12-40)28-52(83)72(97)85(50)78(103)112-36-38-8-18-54(48(26-38)68(93)81-20-24-113-79)115-76-64(91)60(87)62(89)66(117-76)74(100)101/h7-18,25-26,29-34,51-52,59-66,71-72,75-76,86-91,96-97H,6,19-24,27-28,35-36,79H2,1-5H3,(H,80,92)(H,81,93)(H,98,99)(H,100,101)/t51?,52-,59-,60-,61-,62-,63+,64+,65-,66-,71?,72?,75+,76+/m0/s1. The number of rotatable bonds is 30. The van der Waals surface area contributed by atoms with Gasteiger partial charge in [0.05, 0.1) is 101 Å². The Morgan fingerprint density at radius 1 is 0.470 bits per heavy atom. The van der Waals surface area contributed by atoms with Gasteiger partial charge in [0.25, 0.3) is 23.6 Å². The maximum atomic E-state index is 15.0. The minimum absolute atomic E-state index is 0.00730. The van der Waals surface area contributed by atoms with Gasteiger partial charge in [-0.2, -0.15) is 0 Å². The molecule has 117 heavy (non-hydrogen) atoms. The van der Waals surface area contributed by atoms with Gasteiger partial charge >= 0.3 is 24.1 Å². The van der Waals surface area contributed by atoms with Crippen molar-refractivity contribution in [3.8, 4) is 46.0 Å². The molecule has 39 heteroatoms. The summed E-state index contributed by atoms with van der Waals surface area (Å²) in [7, 11) is 6.99. The molecule has 6 aliphatic heterocycles. The summed E-state index contributed by atoms with van der Waals surface area (Å²) in [6.45, 7) is -1.96. The first-order valence-corrected chi connectivity index (χ1v) is 36.4. The average Bonchev–Trinajstić information content (AvgIpc) is 1.63. The van der Waals surface area contributed by atoms with Crippen LogP contribution in [-0.4, -0.2) is 270 Å². The molecule has 6 aromatic carbocycles. The monoisotopic (exact) mass is 1630 g/mol. The van der Waals surface area contributed by atoms with Crippen LogP contribution in [-0.2, 0) is 51.3 Å². The average molecular weight is 1630 g/mol. The van der Waals surface area contributed by atoms with Crippen molar-refractivity contribution in [3.05, 3.63) is 166 Å². The van der Waals surface area contributed by atoms with Crippen LogP contribution in [0.25, 0.3) is 11.1 Å². The van der Waals surface area contributed by atoms with Crippen molar-refractivity contribution in [2.45, 2.75) is 118 Å². The van der Waals surface area contributed by atoms with E-state index >= 15 is 9.59 Å². The fraction of sp³-hybridized carbons (Fsp3) is 0.385. The number of aliphatic carboxylic acids is 2. The number of nitrogens with zero attached hydrogens (tertiary/aromatic N) is 4. The van der Waals surface area contributed by atoms with Crippen molar-refractivity contribution in [1.82, 2.24) is 20.4 Å². The van der Waals surface area contributed by atoms with Gasteiger partial charge in [-0.25, -0.2) is 34.9 Å². The Bertz CT molecular complexity index is 4470. The van der Waals surface area contributed by atoms with Crippen molar-refractivity contribution < 1.29 is 156 Å². The second-order valence-electron chi connectivity index (χ2n) is 27.2. The predicted molar refractivity (Wildman–Crippen MR) is 399 cm³/mol. The number of hydrogen-bond donors (Lipinski definition) is 13. The Hall–Kier alpha value is -12.0. The smallest absolute Gasteiger partial charge is 0.416 e. The predicted octanol–water partition coefficient (Wildman–Crippen LogP) is 1.57. The summed E-state index contributed by atoms with van der Waals surface area (Å²) in [5.41, 5.74) is 1.43. The number of carbonyl (C=O) groups excluding carboxylic acids is 6. The second kappa shape index (κ2) is 36.9. The Morgan fingerprint density at radius 2 is 0.872 bits per heavy atom. The number of carboxylic acids is 2. The van der Waals surface area contributed by atoms with Gasteiger partial charge in [-0.3, -0.25) is 19.2 Å². The summed E-state index contributed by atoms with van der Waals surface area (Å²) in [5, 5.41) is 113. The SMILES string of the molecule is COCCNC(=O)c1cc(COC(=O)N2c3cc(OCCCOc4cc5c(cc4OC)C(=O)N4C=C(c6ccc(OC)cc6)C[C@H]4C(O)N5C(=O)OCc4ccc(O[C@@H]5O[C@H](C(=O)O)[C@@H](O)[C@H](O)[C@H]5O)c(C(=O)NCCON)c4)c(OC)cc3C(=O)N3C=C(c4ccc(OC)cc4)CC3C2O)ccc1O[C@@H]1O[C@H](C(=O)O)[C@@H](O)[C@H](O)[C@H]1O. The van der Waals surface area contributed by atoms with Gasteiger partial charge < -0.3 is 138 Å². The van der Waals surface area contributed by atoms with Crippen LogP contribution >= 0.6 is 0 Å². The maximum absolute atomic E-state index is 15.0. The molecule has 2 fully saturated rings. The van der Waals surface area contributed by atoms with Crippen LogP contribution < -0.4 is 64.2 Å². The van der Waals surface area contributed by atoms with E-state index in [1.54, 1.807) is 60.9 Å². The first kappa shape index (κ1) is 84.4. The Balaban J connectivity index is 0.811. The third-order valence-electron chi connectivity index (χ3n) is 20.0. The molecule has 6 amide bonds. The largest absolute Gasteiger partial charge is 0.497 e. The number of nitrogens with one attached hydrogen (secondary N) is 2. The van der Waals surface area contributed by atoms with Crippen LogP contribution in [0.4, 0.5) is 21.0 Å². The molecule has 0 radical (unpaired) electrons. The van der Waals surface area contributed by atoms with Crippen molar-refractivity contribution in [2.75, 3.05) is 84.9 Å². The molecule has 2 saturated heterocycles. The van der Waals surface area contributed by atoms with Crippen LogP contribution in [0.15, 0.2) is 122 Å². The summed E-state index contributed by atoms with van der Waals surface area (Å²) < 4.78 is 74.0. The third kappa shape index (κ3) is 17.9. The number of methoxy groups -OCH3 is 5. The van der Waals surface area contributed by atoms with Crippen LogP contribution in [0.2, 0.25) is 0 Å². The minimum atomic E-state index is -2.07. The third-order valence-corrected chi connectivity index (χ3v) is 20.0. The first-order chi connectivity index (χ1) is 56.2. The molecule has 12 rings (SSSR count). The van der Waals surface area contributed by atoms with Gasteiger partial charge in [-0.05, 0) is 107 Å². The van der Waals surface area contributed by atoms with Crippen molar-refractivity contribution in [1.29, 1.82) is 0 Å². The van der Waals surface area contributed by atoms with E-state index in [1.165, 1.54) is 106 Å². The van der Waals surface area contributed by atoms with Crippen LogP contribution in [0.3, 0.4) is 0 Å². The summed E-state index contributed by atoms with van der Waals surface area (Å²) in [5.74, 6) is -0.918. The number of carboxylic acid groups (broad SMARTS) is 2. The Kier molecular flexibility index (Phi) is 26.6. The van der Waals surface area contributed by atoms with Crippen LogP contribution in [0.5, 0.6) is 46.0 Å². The lowest BCUT2D eigenvalue weighted by Gasteiger charge is -2.38. The molecule has 0 bridgehead atoms. The number of amides is 6. The van der Waals surface area contributed by atoms with Crippen molar-refractivity contribution >= 4 is 70.3 Å². The van der Waals surface area contributed by atoms with E-state index in [9.17, 15) is 79.8 Å². The fourth-order valence-electron chi connectivity index (χ4n) is 13.9. The molecule has 624 valence electrons. The van der Waals surface area contributed by atoms with E-state index in [0.29, 0.717) is 33.8 Å². The topological polar surface area (TPSA) is 531 Å². The number of ether oxygens (including phenoxy) is 13. The number of hydrogen-bond acceptors (Lipinski definition) is 31. The number of nitrogens with two attached hydrogens (primary N) is 1. The number of aliphatic hydroxyl groups excluding tert-OH is 8. The minimum Gasteiger partial charge on any atom is -0.497 e. The van der Waals surface area contributed by atoms with Crippen molar-refractivity contribution in [3.63, 3.8) is 0 Å². The quantitative estimate of drug-likeness (QED) is 0.0225. The Labute approximate surface area is 665 Å². The summed E-state index contributed by atoms with van der Waals surface area (Å²) in [6, 6.07) is 24.3. The zero-order valence-electron chi connectivity index (χ0n) is 63.2. The van der Waals surface area contributed by atoms with Crippen LogP contribution in [0, 0.1) is 0 Å². The molecule has 6 aliphatic rings. The second-order valence-corrected chi connectivity index (χ2v) is 27.2. The molecule has 39 nitrogen and oxygen atoms in total. The number of fused-ring (bicyclic) bond motifs is 4. The van der Waals surface area contributed by atoms with E-state index < -0.39 is 147 Å². The van der Waals surface area contributed by atoms with E-state index in [1.807, 2.05) is 0 Å². The lowest BCUT2D eigenvalue weighted by atomic mass is 9.99. The summed E-state index contributed by atoms with van der Waals surface area (Å²) >= 11 is 0. The molecular weight excluding hydrogens is 1550 g/mol. The number of benzene rings is 6. The molecule has 0 saturated carbocycles.